The van der Waals surface area contributed by atoms with Crippen LogP contribution in [0.3, 0.4) is 0 Å². The summed E-state index contributed by atoms with van der Waals surface area (Å²) >= 11 is 5.43. The molecule has 1 fully saturated rings. The molecule has 1 heterocycles. The van der Waals surface area contributed by atoms with E-state index in [4.69, 9.17) is 17.3 Å². The number of halogens is 3. The van der Waals surface area contributed by atoms with Crippen molar-refractivity contribution in [2.75, 3.05) is 6.54 Å². The lowest BCUT2D eigenvalue weighted by atomic mass is 10.0. The van der Waals surface area contributed by atoms with E-state index in [1.165, 1.54) is 6.07 Å². The third-order valence-corrected chi connectivity index (χ3v) is 5.61. The Hall–Kier alpha value is -1.93. The second-order valence-corrected chi connectivity index (χ2v) is 8.08. The minimum absolute atomic E-state index is 0.0766. The second-order valence-electron chi connectivity index (χ2n) is 7.61. The van der Waals surface area contributed by atoms with Crippen molar-refractivity contribution in [1.29, 1.82) is 0 Å². The zero-order chi connectivity index (χ0) is 22.1. The number of thiocarbonyl (C=S) groups is 1. The molecule has 0 bridgehead atoms. The fourth-order valence-electron chi connectivity index (χ4n) is 3.60. The summed E-state index contributed by atoms with van der Waals surface area (Å²) in [5, 5.41) is 18.9. The highest BCUT2D eigenvalue weighted by atomic mass is 32.1. The van der Waals surface area contributed by atoms with Crippen LogP contribution < -0.4 is 0 Å². The van der Waals surface area contributed by atoms with E-state index in [2.05, 4.69) is 4.90 Å². The zero-order valence-electron chi connectivity index (χ0n) is 16.8. The number of unbranched alkanes of at least 4 members (excludes halogenated alkanes) is 3. The van der Waals surface area contributed by atoms with Gasteiger partial charge in [-0.1, -0.05) is 55.4 Å². The predicted octanol–water partition coefficient (Wildman–Crippen LogP) is 4.99. The van der Waals surface area contributed by atoms with Gasteiger partial charge in [0.25, 0.3) is 0 Å². The van der Waals surface area contributed by atoms with Gasteiger partial charge in [0, 0.05) is 31.8 Å². The topological polar surface area (TPSA) is 60.8 Å². The quantitative estimate of drug-likeness (QED) is 0.287. The van der Waals surface area contributed by atoms with Gasteiger partial charge in [-0.15, -0.1) is 0 Å². The third-order valence-electron chi connectivity index (χ3n) is 5.17. The van der Waals surface area contributed by atoms with Crippen LogP contribution in [0.25, 0.3) is 0 Å². The first-order valence-corrected chi connectivity index (χ1v) is 10.6. The first kappa shape index (κ1) is 24.3. The Balaban J connectivity index is 1.83. The van der Waals surface area contributed by atoms with Gasteiger partial charge in [-0.3, -0.25) is 4.79 Å². The largest absolute Gasteiger partial charge is 0.481 e. The van der Waals surface area contributed by atoms with Gasteiger partial charge in [-0.05, 0) is 30.9 Å². The molecule has 1 aliphatic heterocycles. The summed E-state index contributed by atoms with van der Waals surface area (Å²) in [4.78, 5) is 13.5. The number of carboxylic acids is 1. The number of hydrogen-bond acceptors (Lipinski definition) is 3. The molecule has 4 nitrogen and oxygen atoms in total. The standard InChI is InChI=1S/C22H28F3NO3S/c23-22(24,25)17-7-5-6-16(14-17)15-19(27)11-9-18-10-12-20(30)26(18)13-4-2-1-3-8-21(28)29/h5-7,9,11,14,18-19,27H,1-4,8,10,12-13,15H2,(H,28,29)/t18-,19+/m0/s1. The average molecular weight is 444 g/mol. The second kappa shape index (κ2) is 11.5. The summed E-state index contributed by atoms with van der Waals surface area (Å²) in [5.41, 5.74) is -0.283. The van der Waals surface area contributed by atoms with E-state index in [9.17, 15) is 23.1 Å². The summed E-state index contributed by atoms with van der Waals surface area (Å²) in [6, 6.07) is 5.09. The first-order chi connectivity index (χ1) is 14.2. The monoisotopic (exact) mass is 443 g/mol. The minimum Gasteiger partial charge on any atom is -0.481 e. The number of aliphatic hydroxyl groups is 1. The molecular formula is C22H28F3NO3S. The molecular weight excluding hydrogens is 415 g/mol. The molecule has 166 valence electrons. The summed E-state index contributed by atoms with van der Waals surface area (Å²) in [6.45, 7) is 0.782. The van der Waals surface area contributed by atoms with Crippen molar-refractivity contribution in [3.05, 3.63) is 47.5 Å². The molecule has 0 aliphatic carbocycles. The van der Waals surface area contributed by atoms with E-state index in [0.717, 1.165) is 55.8 Å². The molecule has 0 radical (unpaired) electrons. The molecule has 1 aliphatic rings. The summed E-state index contributed by atoms with van der Waals surface area (Å²) in [5.74, 6) is -0.774. The number of rotatable bonds is 11. The van der Waals surface area contributed by atoms with Crippen LogP contribution in [0.4, 0.5) is 13.2 Å². The molecule has 0 amide bonds. The zero-order valence-corrected chi connectivity index (χ0v) is 17.6. The molecule has 0 aromatic heterocycles. The molecule has 0 unspecified atom stereocenters. The SMILES string of the molecule is O=C(O)CCCCCCN1C(=S)CC[C@@H]1C=C[C@@H](O)Cc1cccc(C(F)(F)F)c1. The number of carbonyl (C=O) groups is 1. The van der Waals surface area contributed by atoms with Gasteiger partial charge in [0.2, 0.25) is 0 Å². The average Bonchev–Trinajstić information content (AvgIpc) is 3.02. The van der Waals surface area contributed by atoms with Gasteiger partial charge < -0.3 is 15.1 Å². The molecule has 0 spiro atoms. The minimum atomic E-state index is -4.40. The lowest BCUT2D eigenvalue weighted by Crippen LogP contribution is -2.32. The molecule has 8 heteroatoms. The number of benzene rings is 1. The van der Waals surface area contributed by atoms with E-state index in [0.29, 0.717) is 12.0 Å². The Morgan fingerprint density at radius 2 is 2.00 bits per heavy atom. The molecule has 1 aromatic carbocycles. The van der Waals surface area contributed by atoms with Crippen LogP contribution in [0.2, 0.25) is 0 Å². The van der Waals surface area contributed by atoms with E-state index in [1.54, 1.807) is 12.1 Å². The normalized spacial score (nSPS) is 18.3. The van der Waals surface area contributed by atoms with E-state index < -0.39 is 23.8 Å². The maximum absolute atomic E-state index is 12.8. The van der Waals surface area contributed by atoms with Crippen molar-refractivity contribution in [3.63, 3.8) is 0 Å². The Morgan fingerprint density at radius 3 is 2.70 bits per heavy atom. The summed E-state index contributed by atoms with van der Waals surface area (Å²) < 4.78 is 38.5. The number of likely N-dealkylation sites (tertiary alicyclic amines) is 1. The maximum atomic E-state index is 12.8. The Morgan fingerprint density at radius 1 is 1.27 bits per heavy atom. The van der Waals surface area contributed by atoms with Crippen LogP contribution in [0.1, 0.15) is 56.1 Å². The molecule has 30 heavy (non-hydrogen) atoms. The van der Waals surface area contributed by atoms with Crippen LogP contribution >= 0.6 is 12.2 Å². The number of aliphatic hydroxyl groups excluding tert-OH is 1. The van der Waals surface area contributed by atoms with Gasteiger partial charge in [-0.2, -0.15) is 13.2 Å². The van der Waals surface area contributed by atoms with Crippen LogP contribution in [0.5, 0.6) is 0 Å². The Labute approximate surface area is 180 Å². The maximum Gasteiger partial charge on any atom is 0.416 e. The molecule has 1 saturated heterocycles. The highest BCUT2D eigenvalue weighted by molar-refractivity contribution is 7.80. The lowest BCUT2D eigenvalue weighted by Gasteiger charge is -2.24. The van der Waals surface area contributed by atoms with Gasteiger partial charge in [0.1, 0.15) is 0 Å². The van der Waals surface area contributed by atoms with Crippen LogP contribution in [0.15, 0.2) is 36.4 Å². The smallest absolute Gasteiger partial charge is 0.416 e. The highest BCUT2D eigenvalue weighted by Gasteiger charge is 2.30. The number of nitrogens with zero attached hydrogens (tertiary/aromatic N) is 1. The molecule has 0 saturated carbocycles. The van der Waals surface area contributed by atoms with Crippen LogP contribution in [0, 0.1) is 0 Å². The Kier molecular flexibility index (Phi) is 9.30. The van der Waals surface area contributed by atoms with Crippen molar-refractivity contribution < 1.29 is 28.2 Å². The Bertz CT molecular complexity index is 751. The third kappa shape index (κ3) is 8.07. The predicted molar refractivity (Wildman–Crippen MR) is 113 cm³/mol. The van der Waals surface area contributed by atoms with Crippen LogP contribution in [-0.4, -0.2) is 44.8 Å². The van der Waals surface area contributed by atoms with Crippen molar-refractivity contribution >= 4 is 23.2 Å². The molecule has 2 atom stereocenters. The number of carboxylic acid groups (broad SMARTS) is 1. The van der Waals surface area contributed by atoms with Gasteiger partial charge in [-0.25, -0.2) is 0 Å². The van der Waals surface area contributed by atoms with Gasteiger partial charge in [0.05, 0.1) is 16.7 Å². The number of alkyl halides is 3. The van der Waals surface area contributed by atoms with Crippen molar-refractivity contribution in [3.8, 4) is 0 Å². The fraction of sp³-hybridized carbons (Fsp3) is 0.545. The van der Waals surface area contributed by atoms with E-state index >= 15 is 0 Å². The van der Waals surface area contributed by atoms with Crippen molar-refractivity contribution in [2.45, 2.75) is 69.7 Å². The van der Waals surface area contributed by atoms with E-state index in [-0.39, 0.29) is 18.9 Å². The first-order valence-electron chi connectivity index (χ1n) is 10.2. The summed E-state index contributed by atoms with van der Waals surface area (Å²) in [7, 11) is 0. The fourth-order valence-corrected chi connectivity index (χ4v) is 3.94. The molecule has 1 aromatic rings. The highest BCUT2D eigenvalue weighted by Crippen LogP contribution is 2.30. The van der Waals surface area contributed by atoms with Crippen molar-refractivity contribution in [2.24, 2.45) is 0 Å². The summed E-state index contributed by atoms with van der Waals surface area (Å²) in [6.07, 6.45) is 3.59. The molecule has 2 rings (SSSR count). The molecule has 2 N–H and O–H groups in total. The van der Waals surface area contributed by atoms with E-state index in [1.807, 2.05) is 6.08 Å². The number of hydrogen-bond donors (Lipinski definition) is 2. The van der Waals surface area contributed by atoms with Gasteiger partial charge >= 0.3 is 12.1 Å². The van der Waals surface area contributed by atoms with Crippen LogP contribution in [-0.2, 0) is 17.4 Å². The lowest BCUT2D eigenvalue weighted by molar-refractivity contribution is -0.138. The van der Waals surface area contributed by atoms with Crippen molar-refractivity contribution in [1.82, 2.24) is 4.90 Å². The number of aliphatic carboxylic acids is 1. The van der Waals surface area contributed by atoms with Gasteiger partial charge in [0.15, 0.2) is 0 Å².